The number of rotatable bonds is 0. The van der Waals surface area contributed by atoms with Crippen molar-refractivity contribution in [3.8, 4) is 0 Å². The average molecular weight is 185 g/mol. The zero-order chi connectivity index (χ0) is 9.38. The number of fused-ring (bicyclic) bond motifs is 1. The fourth-order valence-corrected chi connectivity index (χ4v) is 2.60. The molecule has 0 saturated carbocycles. The Morgan fingerprint density at radius 2 is 1.79 bits per heavy atom. The van der Waals surface area contributed by atoms with Crippen LogP contribution in [0, 0.1) is 5.92 Å². The summed E-state index contributed by atoms with van der Waals surface area (Å²) in [4.78, 5) is 4.63. The summed E-state index contributed by atoms with van der Waals surface area (Å²) >= 11 is 0. The predicted octanol–water partition coefficient (Wildman–Crippen LogP) is 2.63. The molecular formula is C13H15N. The quantitative estimate of drug-likeness (QED) is 0.589. The Balaban J connectivity index is 2.03. The maximum Gasteiger partial charge on any atom is 0.0536 e. The molecule has 0 radical (unpaired) electrons. The van der Waals surface area contributed by atoms with Gasteiger partial charge < -0.3 is 0 Å². The SMILES string of the molecule is C1=NC2CCC1Cc1ccccc1C2. The summed E-state index contributed by atoms with van der Waals surface area (Å²) in [6.07, 6.45) is 7.17. The molecule has 2 heterocycles. The van der Waals surface area contributed by atoms with E-state index in [4.69, 9.17) is 0 Å². The first-order valence-electron chi connectivity index (χ1n) is 5.52. The summed E-state index contributed by atoms with van der Waals surface area (Å²) in [6, 6.07) is 9.42. The second-order valence-electron chi connectivity index (χ2n) is 4.47. The van der Waals surface area contributed by atoms with Crippen LogP contribution < -0.4 is 0 Å². The van der Waals surface area contributed by atoms with Gasteiger partial charge in [-0.3, -0.25) is 4.99 Å². The number of hydrogen-bond donors (Lipinski definition) is 0. The van der Waals surface area contributed by atoms with Gasteiger partial charge in [-0.2, -0.15) is 0 Å². The molecular weight excluding hydrogens is 170 g/mol. The molecule has 0 saturated heterocycles. The molecule has 0 amide bonds. The largest absolute Gasteiger partial charge is 0.294 e. The Kier molecular flexibility index (Phi) is 1.90. The highest BCUT2D eigenvalue weighted by Crippen LogP contribution is 2.27. The van der Waals surface area contributed by atoms with E-state index in [2.05, 4.69) is 35.5 Å². The highest BCUT2D eigenvalue weighted by molar-refractivity contribution is 5.63. The maximum absolute atomic E-state index is 4.63. The van der Waals surface area contributed by atoms with Crippen LogP contribution in [0.25, 0.3) is 0 Å². The highest BCUT2D eigenvalue weighted by Gasteiger charge is 2.22. The van der Waals surface area contributed by atoms with E-state index in [1.54, 1.807) is 5.56 Å². The van der Waals surface area contributed by atoms with E-state index < -0.39 is 0 Å². The molecule has 1 heteroatoms. The summed E-state index contributed by atoms with van der Waals surface area (Å²) in [5, 5.41) is 0. The van der Waals surface area contributed by atoms with Crippen LogP contribution in [0.5, 0.6) is 0 Å². The molecule has 0 N–H and O–H groups in total. The third-order valence-electron chi connectivity index (χ3n) is 3.43. The van der Waals surface area contributed by atoms with Gasteiger partial charge in [-0.05, 0) is 42.7 Å². The van der Waals surface area contributed by atoms with E-state index in [1.165, 1.54) is 24.8 Å². The summed E-state index contributed by atoms with van der Waals surface area (Å²) in [5.74, 6) is 0.702. The second-order valence-corrected chi connectivity index (χ2v) is 4.47. The van der Waals surface area contributed by atoms with Gasteiger partial charge in [0.2, 0.25) is 0 Å². The molecule has 4 rings (SSSR count). The Morgan fingerprint density at radius 3 is 2.50 bits per heavy atom. The predicted molar refractivity (Wildman–Crippen MR) is 58.9 cm³/mol. The van der Waals surface area contributed by atoms with Crippen molar-refractivity contribution in [3.63, 3.8) is 0 Å². The molecule has 0 fully saturated rings. The van der Waals surface area contributed by atoms with Crippen molar-refractivity contribution < 1.29 is 0 Å². The average Bonchev–Trinajstić information content (AvgIpc) is 2.17. The van der Waals surface area contributed by atoms with Gasteiger partial charge in [0.25, 0.3) is 0 Å². The maximum atomic E-state index is 4.63. The first-order chi connectivity index (χ1) is 6.92. The lowest BCUT2D eigenvalue weighted by Crippen LogP contribution is -2.24. The normalized spacial score (nSPS) is 29.4. The van der Waals surface area contributed by atoms with E-state index in [0.717, 1.165) is 6.42 Å². The van der Waals surface area contributed by atoms with E-state index in [0.29, 0.717) is 12.0 Å². The number of aliphatic imine (C=N–C) groups is 1. The lowest BCUT2D eigenvalue weighted by molar-refractivity contribution is 0.475. The van der Waals surface area contributed by atoms with Crippen LogP contribution in [0.4, 0.5) is 0 Å². The molecule has 2 bridgehead atoms. The minimum atomic E-state index is 0.563. The van der Waals surface area contributed by atoms with E-state index in [-0.39, 0.29) is 0 Å². The van der Waals surface area contributed by atoms with Crippen molar-refractivity contribution in [3.05, 3.63) is 35.4 Å². The van der Waals surface area contributed by atoms with Crippen LogP contribution in [-0.4, -0.2) is 12.3 Å². The molecule has 0 spiro atoms. The fourth-order valence-electron chi connectivity index (χ4n) is 2.60. The fraction of sp³-hybridized carbons (Fsp3) is 0.462. The molecule has 1 aliphatic carbocycles. The van der Waals surface area contributed by atoms with Gasteiger partial charge >= 0.3 is 0 Å². The van der Waals surface area contributed by atoms with Gasteiger partial charge in [0.15, 0.2) is 0 Å². The molecule has 1 nitrogen and oxygen atoms in total. The van der Waals surface area contributed by atoms with Crippen molar-refractivity contribution in [2.45, 2.75) is 31.7 Å². The highest BCUT2D eigenvalue weighted by atomic mass is 14.8. The first-order valence-corrected chi connectivity index (χ1v) is 5.52. The van der Waals surface area contributed by atoms with Crippen molar-refractivity contribution in [2.75, 3.05) is 0 Å². The Bertz CT molecular complexity index is 332. The van der Waals surface area contributed by atoms with Crippen LogP contribution in [0.15, 0.2) is 29.3 Å². The molecule has 2 aliphatic heterocycles. The first kappa shape index (κ1) is 8.22. The van der Waals surface area contributed by atoms with Gasteiger partial charge in [-0.15, -0.1) is 0 Å². The molecule has 14 heavy (non-hydrogen) atoms. The van der Waals surface area contributed by atoms with E-state index in [9.17, 15) is 0 Å². The second kappa shape index (κ2) is 3.23. The van der Waals surface area contributed by atoms with Gasteiger partial charge in [-0.1, -0.05) is 24.3 Å². The zero-order valence-electron chi connectivity index (χ0n) is 8.32. The molecule has 2 atom stereocenters. The summed E-state index contributed by atoms with van der Waals surface area (Å²) in [7, 11) is 0. The van der Waals surface area contributed by atoms with Crippen LogP contribution in [-0.2, 0) is 12.8 Å². The summed E-state index contributed by atoms with van der Waals surface area (Å²) in [5.41, 5.74) is 3.08. The Morgan fingerprint density at radius 1 is 1.00 bits per heavy atom. The minimum Gasteiger partial charge on any atom is -0.294 e. The smallest absolute Gasteiger partial charge is 0.0536 e. The van der Waals surface area contributed by atoms with Gasteiger partial charge in [0.05, 0.1) is 6.04 Å². The van der Waals surface area contributed by atoms with Crippen molar-refractivity contribution >= 4 is 6.21 Å². The standard InChI is InChI=1S/C13H15N/c1-2-4-12-8-13-6-5-10(9-14-13)7-11(12)3-1/h1-4,9-10,13H,5-8H2. The van der Waals surface area contributed by atoms with Crippen molar-refractivity contribution in [2.24, 2.45) is 10.9 Å². The monoisotopic (exact) mass is 185 g/mol. The summed E-state index contributed by atoms with van der Waals surface area (Å²) in [6.45, 7) is 0. The van der Waals surface area contributed by atoms with Crippen LogP contribution in [0.3, 0.4) is 0 Å². The molecule has 72 valence electrons. The number of hydrogen-bond acceptors (Lipinski definition) is 1. The Labute approximate surface area is 84.9 Å². The Hall–Kier alpha value is -1.11. The number of nitrogens with zero attached hydrogens (tertiary/aromatic N) is 1. The third kappa shape index (κ3) is 1.37. The third-order valence-corrected chi connectivity index (χ3v) is 3.43. The number of benzene rings is 1. The lowest BCUT2D eigenvalue weighted by Gasteiger charge is -2.27. The van der Waals surface area contributed by atoms with Crippen LogP contribution >= 0.6 is 0 Å². The van der Waals surface area contributed by atoms with Crippen LogP contribution in [0.2, 0.25) is 0 Å². The molecule has 3 aliphatic rings. The van der Waals surface area contributed by atoms with Crippen molar-refractivity contribution in [1.29, 1.82) is 0 Å². The molecule has 1 aromatic carbocycles. The molecule has 1 aromatic rings. The van der Waals surface area contributed by atoms with Gasteiger partial charge in [-0.25, -0.2) is 0 Å². The molecule has 2 unspecified atom stereocenters. The van der Waals surface area contributed by atoms with Gasteiger partial charge in [0, 0.05) is 6.21 Å². The topological polar surface area (TPSA) is 12.4 Å². The van der Waals surface area contributed by atoms with E-state index >= 15 is 0 Å². The lowest BCUT2D eigenvalue weighted by atomic mass is 9.83. The van der Waals surface area contributed by atoms with Crippen molar-refractivity contribution in [1.82, 2.24) is 0 Å². The zero-order valence-corrected chi connectivity index (χ0v) is 8.32. The molecule has 0 aromatic heterocycles. The minimum absolute atomic E-state index is 0.563. The van der Waals surface area contributed by atoms with Crippen LogP contribution in [0.1, 0.15) is 24.0 Å². The summed E-state index contributed by atoms with van der Waals surface area (Å²) < 4.78 is 0. The van der Waals surface area contributed by atoms with Gasteiger partial charge in [0.1, 0.15) is 0 Å². The van der Waals surface area contributed by atoms with E-state index in [1.807, 2.05) is 0 Å².